The molecule has 0 aliphatic carbocycles. The van der Waals surface area contributed by atoms with Gasteiger partial charge in [-0.2, -0.15) is 0 Å². The predicted molar refractivity (Wildman–Crippen MR) is 82.1 cm³/mol. The second-order valence-corrected chi connectivity index (χ2v) is 4.69. The van der Waals surface area contributed by atoms with Crippen LogP contribution in [0, 0.1) is 0 Å². The number of fused-ring (bicyclic) bond motifs is 1. The van der Waals surface area contributed by atoms with E-state index >= 15 is 0 Å². The first-order valence-corrected chi connectivity index (χ1v) is 6.63. The Morgan fingerprint density at radius 3 is 2.81 bits per heavy atom. The van der Waals surface area contributed by atoms with Gasteiger partial charge in [0.15, 0.2) is 0 Å². The van der Waals surface area contributed by atoms with Crippen LogP contribution in [0.25, 0.3) is 10.9 Å². The van der Waals surface area contributed by atoms with Crippen LogP contribution in [0.15, 0.2) is 60.8 Å². The maximum Gasteiger partial charge on any atom is 0.256 e. The Morgan fingerprint density at radius 1 is 1.10 bits per heavy atom. The standard InChI is InChI=1S/C17H14N2O2/c20-11-12-4-1-5-13(10-12)19-17(21)15-6-2-8-16-14(15)7-3-9-18-16/h1-10,20H,11H2,(H,19,21). The highest BCUT2D eigenvalue weighted by molar-refractivity contribution is 6.12. The van der Waals surface area contributed by atoms with Gasteiger partial charge >= 0.3 is 0 Å². The lowest BCUT2D eigenvalue weighted by molar-refractivity contribution is 0.102. The van der Waals surface area contributed by atoms with Gasteiger partial charge in [-0.1, -0.05) is 24.3 Å². The molecule has 0 saturated heterocycles. The van der Waals surface area contributed by atoms with Gasteiger partial charge in [0, 0.05) is 22.8 Å². The highest BCUT2D eigenvalue weighted by atomic mass is 16.3. The summed E-state index contributed by atoms with van der Waals surface area (Å²) in [5, 5.41) is 12.8. The fourth-order valence-corrected chi connectivity index (χ4v) is 2.25. The molecule has 3 aromatic rings. The van der Waals surface area contributed by atoms with Crippen LogP contribution in [0.4, 0.5) is 5.69 Å². The lowest BCUT2D eigenvalue weighted by atomic mass is 10.1. The number of hydrogen-bond donors (Lipinski definition) is 2. The van der Waals surface area contributed by atoms with E-state index in [1.54, 1.807) is 36.5 Å². The second-order valence-electron chi connectivity index (χ2n) is 4.69. The average molecular weight is 278 g/mol. The molecule has 3 rings (SSSR count). The first-order valence-electron chi connectivity index (χ1n) is 6.63. The quantitative estimate of drug-likeness (QED) is 0.774. The van der Waals surface area contributed by atoms with Gasteiger partial charge in [-0.15, -0.1) is 0 Å². The van der Waals surface area contributed by atoms with Crippen LogP contribution < -0.4 is 5.32 Å². The number of aromatic nitrogens is 1. The third-order valence-electron chi connectivity index (χ3n) is 3.26. The van der Waals surface area contributed by atoms with Crippen molar-refractivity contribution in [3.05, 3.63) is 71.9 Å². The van der Waals surface area contributed by atoms with Gasteiger partial charge in [-0.3, -0.25) is 9.78 Å². The number of hydrogen-bond acceptors (Lipinski definition) is 3. The Hall–Kier alpha value is -2.72. The van der Waals surface area contributed by atoms with Gasteiger partial charge in [-0.05, 0) is 35.9 Å². The summed E-state index contributed by atoms with van der Waals surface area (Å²) in [5.41, 5.74) is 2.78. The molecule has 0 spiro atoms. The first kappa shape index (κ1) is 13.3. The molecule has 1 aromatic heterocycles. The fourth-order valence-electron chi connectivity index (χ4n) is 2.25. The van der Waals surface area contributed by atoms with Crippen molar-refractivity contribution in [2.24, 2.45) is 0 Å². The normalized spacial score (nSPS) is 10.5. The predicted octanol–water partition coefficient (Wildman–Crippen LogP) is 2.98. The molecule has 2 N–H and O–H groups in total. The zero-order valence-electron chi connectivity index (χ0n) is 11.3. The lowest BCUT2D eigenvalue weighted by Gasteiger charge is -2.08. The number of aliphatic hydroxyl groups excluding tert-OH is 1. The van der Waals surface area contributed by atoms with Crippen molar-refractivity contribution < 1.29 is 9.90 Å². The summed E-state index contributed by atoms with van der Waals surface area (Å²) in [6.07, 6.45) is 1.70. The van der Waals surface area contributed by atoms with E-state index in [2.05, 4.69) is 10.3 Å². The second kappa shape index (κ2) is 5.73. The van der Waals surface area contributed by atoms with Gasteiger partial charge < -0.3 is 10.4 Å². The smallest absolute Gasteiger partial charge is 0.256 e. The summed E-state index contributed by atoms with van der Waals surface area (Å²) in [6.45, 7) is -0.0537. The van der Waals surface area contributed by atoms with Gasteiger partial charge in [0.2, 0.25) is 0 Å². The summed E-state index contributed by atoms with van der Waals surface area (Å²) < 4.78 is 0. The van der Waals surface area contributed by atoms with E-state index in [0.717, 1.165) is 16.5 Å². The maximum atomic E-state index is 12.4. The molecule has 0 saturated carbocycles. The fraction of sp³-hybridized carbons (Fsp3) is 0.0588. The molecule has 0 unspecified atom stereocenters. The van der Waals surface area contributed by atoms with Gasteiger partial charge in [0.1, 0.15) is 0 Å². The number of pyridine rings is 1. The summed E-state index contributed by atoms with van der Waals surface area (Å²) in [5.74, 6) is -0.191. The van der Waals surface area contributed by atoms with E-state index in [1.807, 2.05) is 24.3 Å². The molecule has 1 heterocycles. The van der Waals surface area contributed by atoms with Crippen molar-refractivity contribution in [2.75, 3.05) is 5.32 Å². The van der Waals surface area contributed by atoms with Crippen LogP contribution in [-0.2, 0) is 6.61 Å². The third-order valence-corrected chi connectivity index (χ3v) is 3.26. The molecule has 0 bridgehead atoms. The molecule has 4 heteroatoms. The van der Waals surface area contributed by atoms with Crippen LogP contribution in [0.2, 0.25) is 0 Å². The van der Waals surface area contributed by atoms with Crippen molar-refractivity contribution in [3.8, 4) is 0 Å². The van der Waals surface area contributed by atoms with Crippen molar-refractivity contribution in [1.82, 2.24) is 4.98 Å². The van der Waals surface area contributed by atoms with Gasteiger partial charge in [0.25, 0.3) is 5.91 Å². The maximum absolute atomic E-state index is 12.4. The van der Waals surface area contributed by atoms with Crippen molar-refractivity contribution >= 4 is 22.5 Å². The monoisotopic (exact) mass is 278 g/mol. The lowest BCUT2D eigenvalue weighted by Crippen LogP contribution is -2.12. The van der Waals surface area contributed by atoms with Crippen LogP contribution in [-0.4, -0.2) is 16.0 Å². The SMILES string of the molecule is O=C(Nc1cccc(CO)c1)c1cccc2ncccc12. The number of aliphatic hydroxyl groups is 1. The van der Waals surface area contributed by atoms with Crippen LogP contribution in [0.1, 0.15) is 15.9 Å². The molecule has 0 aliphatic rings. The summed E-state index contributed by atoms with van der Waals surface area (Å²) in [6, 6.07) is 16.3. The minimum Gasteiger partial charge on any atom is -0.392 e. The molecule has 104 valence electrons. The Balaban J connectivity index is 1.93. The van der Waals surface area contributed by atoms with E-state index in [9.17, 15) is 4.79 Å². The molecule has 0 aliphatic heterocycles. The van der Waals surface area contributed by atoms with E-state index in [-0.39, 0.29) is 12.5 Å². The number of carbonyl (C=O) groups excluding carboxylic acids is 1. The number of benzene rings is 2. The Morgan fingerprint density at radius 2 is 1.95 bits per heavy atom. The molecular formula is C17H14N2O2. The third kappa shape index (κ3) is 2.75. The molecule has 1 amide bonds. The van der Waals surface area contributed by atoms with Crippen LogP contribution in [0.5, 0.6) is 0 Å². The first-order chi connectivity index (χ1) is 10.3. The molecule has 21 heavy (non-hydrogen) atoms. The molecule has 2 aromatic carbocycles. The Kier molecular flexibility index (Phi) is 3.62. The van der Waals surface area contributed by atoms with Crippen molar-refractivity contribution in [1.29, 1.82) is 0 Å². The van der Waals surface area contributed by atoms with E-state index in [1.165, 1.54) is 0 Å². The number of nitrogens with one attached hydrogen (secondary N) is 1. The highest BCUT2D eigenvalue weighted by Gasteiger charge is 2.10. The van der Waals surface area contributed by atoms with Crippen molar-refractivity contribution in [2.45, 2.75) is 6.61 Å². The Bertz CT molecular complexity index is 794. The number of nitrogens with zero attached hydrogens (tertiary/aromatic N) is 1. The average Bonchev–Trinajstić information content (AvgIpc) is 2.54. The zero-order chi connectivity index (χ0) is 14.7. The largest absolute Gasteiger partial charge is 0.392 e. The molecular weight excluding hydrogens is 264 g/mol. The molecule has 0 radical (unpaired) electrons. The number of rotatable bonds is 3. The van der Waals surface area contributed by atoms with Gasteiger partial charge in [0.05, 0.1) is 12.1 Å². The van der Waals surface area contributed by atoms with E-state index in [4.69, 9.17) is 5.11 Å². The van der Waals surface area contributed by atoms with E-state index < -0.39 is 0 Å². The minimum atomic E-state index is -0.191. The summed E-state index contributed by atoms with van der Waals surface area (Å²) in [4.78, 5) is 16.7. The van der Waals surface area contributed by atoms with E-state index in [0.29, 0.717) is 11.3 Å². The molecule has 0 atom stereocenters. The highest BCUT2D eigenvalue weighted by Crippen LogP contribution is 2.18. The van der Waals surface area contributed by atoms with Crippen LogP contribution in [0.3, 0.4) is 0 Å². The van der Waals surface area contributed by atoms with Crippen molar-refractivity contribution in [3.63, 3.8) is 0 Å². The Labute approximate surface area is 122 Å². The van der Waals surface area contributed by atoms with Crippen LogP contribution >= 0.6 is 0 Å². The summed E-state index contributed by atoms with van der Waals surface area (Å²) >= 11 is 0. The topological polar surface area (TPSA) is 62.2 Å². The number of amides is 1. The number of anilines is 1. The minimum absolute atomic E-state index is 0.0537. The summed E-state index contributed by atoms with van der Waals surface area (Å²) in [7, 11) is 0. The zero-order valence-corrected chi connectivity index (χ0v) is 11.3. The molecule has 4 nitrogen and oxygen atoms in total. The van der Waals surface area contributed by atoms with Gasteiger partial charge in [-0.25, -0.2) is 0 Å². The number of carbonyl (C=O) groups is 1. The molecule has 0 fully saturated rings.